The Morgan fingerprint density at radius 3 is 1.56 bits per heavy atom. The first kappa shape index (κ1) is 26.1. The molecule has 0 aliphatic carbocycles. The highest BCUT2D eigenvalue weighted by Crippen LogP contribution is 2.29. The first-order valence-electron chi connectivity index (χ1n) is 11.3. The number of aliphatic carboxylic acids is 1. The number of nitrogens with one attached hydrogen (secondary N) is 1. The van der Waals surface area contributed by atoms with Crippen LogP contribution in [0.25, 0.3) is 0 Å². The van der Waals surface area contributed by atoms with Crippen LogP contribution in [-0.4, -0.2) is 72.7 Å². The minimum absolute atomic E-state index is 0.473. The van der Waals surface area contributed by atoms with Crippen molar-refractivity contribution in [3.8, 4) is 0 Å². The molecule has 0 radical (unpaired) electrons. The summed E-state index contributed by atoms with van der Waals surface area (Å²) in [4.78, 5) is 50.5. The van der Waals surface area contributed by atoms with Crippen LogP contribution < -0.4 is 4.90 Å². The molecule has 0 bridgehead atoms. The molecular weight excluding hydrogens is 422 g/mol. The maximum Gasteiger partial charge on any atom is 0.337 e. The normalized spacial score (nSPS) is 28.7. The molecule has 2 rings (SSSR count). The number of carbonyl (C=O) groups excluding carboxylic acids is 3. The Hall–Kier alpha value is -2.20. The summed E-state index contributed by atoms with van der Waals surface area (Å²) < 4.78 is 22.8. The Morgan fingerprint density at radius 2 is 1.16 bits per heavy atom. The standard InChI is InChI=1S/C22H35NO9/c1-11(2)20(26)30-14-15(31-21(27)12(3)4)17(19(24)25)29-18(23-9-7-8-10-23)16(14)32-22(28)13(5)6/h11-18H,7-10H2,1-6H3,(H,24,25)/p+1/t14-,15-,16+,17-,18+/m0/s1. The minimum Gasteiger partial charge on any atom is -0.479 e. The number of carboxylic acids is 1. The van der Waals surface area contributed by atoms with Crippen molar-refractivity contribution >= 4 is 23.9 Å². The number of carbonyl (C=O) groups is 4. The van der Waals surface area contributed by atoms with Gasteiger partial charge in [0, 0.05) is 12.8 Å². The van der Waals surface area contributed by atoms with Gasteiger partial charge in [0.2, 0.25) is 18.4 Å². The Labute approximate surface area is 188 Å². The molecule has 0 aromatic heterocycles. The summed E-state index contributed by atoms with van der Waals surface area (Å²) in [6.45, 7) is 11.2. The predicted molar refractivity (Wildman–Crippen MR) is 110 cm³/mol. The molecule has 0 spiro atoms. The molecule has 2 fully saturated rings. The fourth-order valence-electron chi connectivity index (χ4n) is 3.69. The fourth-order valence-corrected chi connectivity index (χ4v) is 3.69. The molecule has 0 amide bonds. The van der Waals surface area contributed by atoms with Gasteiger partial charge in [0.1, 0.15) is 0 Å². The first-order valence-corrected chi connectivity index (χ1v) is 11.3. The highest BCUT2D eigenvalue weighted by atomic mass is 16.7. The van der Waals surface area contributed by atoms with E-state index in [0.717, 1.165) is 17.7 Å². The monoisotopic (exact) mass is 458 g/mol. The molecule has 32 heavy (non-hydrogen) atoms. The van der Waals surface area contributed by atoms with Crippen molar-refractivity contribution in [2.75, 3.05) is 13.1 Å². The molecular formula is C22H36NO9+. The van der Waals surface area contributed by atoms with Gasteiger partial charge in [-0.25, -0.2) is 4.79 Å². The number of likely N-dealkylation sites (tertiary alicyclic amines) is 1. The van der Waals surface area contributed by atoms with Crippen molar-refractivity contribution in [3.05, 3.63) is 0 Å². The van der Waals surface area contributed by atoms with E-state index >= 15 is 0 Å². The van der Waals surface area contributed by atoms with Gasteiger partial charge in [0.25, 0.3) is 0 Å². The van der Waals surface area contributed by atoms with E-state index in [9.17, 15) is 24.3 Å². The number of hydrogen-bond donors (Lipinski definition) is 2. The number of hydrogen-bond acceptors (Lipinski definition) is 8. The van der Waals surface area contributed by atoms with Crippen molar-refractivity contribution in [3.63, 3.8) is 0 Å². The van der Waals surface area contributed by atoms with Crippen LogP contribution in [-0.2, 0) is 38.1 Å². The number of quaternary nitrogens is 1. The topological polar surface area (TPSA) is 130 Å². The summed E-state index contributed by atoms with van der Waals surface area (Å²) in [5.41, 5.74) is 0. The zero-order chi connectivity index (χ0) is 24.2. The second-order valence-corrected chi connectivity index (χ2v) is 9.35. The van der Waals surface area contributed by atoms with Crippen LogP contribution in [0.2, 0.25) is 0 Å². The van der Waals surface area contributed by atoms with E-state index in [1.165, 1.54) is 0 Å². The van der Waals surface area contributed by atoms with E-state index in [1.807, 2.05) is 0 Å². The van der Waals surface area contributed by atoms with Crippen LogP contribution in [0.15, 0.2) is 0 Å². The first-order chi connectivity index (χ1) is 14.9. The van der Waals surface area contributed by atoms with Crippen molar-refractivity contribution in [2.24, 2.45) is 17.8 Å². The summed E-state index contributed by atoms with van der Waals surface area (Å²) in [5.74, 6) is -4.74. The largest absolute Gasteiger partial charge is 0.479 e. The quantitative estimate of drug-likeness (QED) is 0.386. The second-order valence-electron chi connectivity index (χ2n) is 9.35. The third-order valence-corrected chi connectivity index (χ3v) is 5.60. The highest BCUT2D eigenvalue weighted by molar-refractivity contribution is 5.77. The van der Waals surface area contributed by atoms with Gasteiger partial charge in [-0.1, -0.05) is 41.5 Å². The van der Waals surface area contributed by atoms with E-state index in [4.69, 9.17) is 18.9 Å². The molecule has 2 aliphatic heterocycles. The van der Waals surface area contributed by atoms with Crippen molar-refractivity contribution < 1.29 is 48.1 Å². The van der Waals surface area contributed by atoms with Crippen LogP contribution in [0, 0.1) is 17.8 Å². The lowest BCUT2D eigenvalue weighted by atomic mass is 9.95. The Kier molecular flexibility index (Phi) is 9.03. The smallest absolute Gasteiger partial charge is 0.337 e. The number of rotatable bonds is 8. The van der Waals surface area contributed by atoms with Gasteiger partial charge in [-0.15, -0.1) is 0 Å². The molecule has 2 N–H and O–H groups in total. The average Bonchev–Trinajstić information content (AvgIpc) is 3.23. The second kappa shape index (κ2) is 11.1. The lowest BCUT2D eigenvalue weighted by Crippen LogP contribution is -3.16. The molecule has 2 aliphatic rings. The molecule has 2 heterocycles. The van der Waals surface area contributed by atoms with E-state index in [2.05, 4.69) is 0 Å². The maximum atomic E-state index is 12.5. The molecule has 0 aromatic rings. The van der Waals surface area contributed by atoms with Crippen LogP contribution in [0.5, 0.6) is 0 Å². The average molecular weight is 459 g/mol. The van der Waals surface area contributed by atoms with Crippen molar-refractivity contribution in [1.82, 2.24) is 0 Å². The summed E-state index contributed by atoms with van der Waals surface area (Å²) in [5, 5.41) is 9.86. The molecule has 5 atom stereocenters. The third kappa shape index (κ3) is 6.19. The van der Waals surface area contributed by atoms with E-state index in [-0.39, 0.29) is 0 Å². The zero-order valence-corrected chi connectivity index (χ0v) is 19.7. The van der Waals surface area contributed by atoms with Crippen LogP contribution in [0.3, 0.4) is 0 Å². The summed E-state index contributed by atoms with van der Waals surface area (Å²) in [7, 11) is 0. The van der Waals surface area contributed by atoms with E-state index < -0.39 is 72.3 Å². The molecule has 10 nitrogen and oxygen atoms in total. The van der Waals surface area contributed by atoms with Gasteiger partial charge in [-0.05, 0) is 0 Å². The lowest BCUT2D eigenvalue weighted by Gasteiger charge is -2.44. The Bertz CT molecular complexity index is 700. The van der Waals surface area contributed by atoms with Crippen LogP contribution in [0.1, 0.15) is 54.4 Å². The summed E-state index contributed by atoms with van der Waals surface area (Å²) in [6, 6.07) is 0. The van der Waals surface area contributed by atoms with Gasteiger partial charge < -0.3 is 29.0 Å². The van der Waals surface area contributed by atoms with Gasteiger partial charge in [0.15, 0.2) is 12.2 Å². The third-order valence-electron chi connectivity index (χ3n) is 5.60. The highest BCUT2D eigenvalue weighted by Gasteiger charge is 2.58. The van der Waals surface area contributed by atoms with E-state index in [0.29, 0.717) is 13.1 Å². The van der Waals surface area contributed by atoms with Gasteiger partial charge in [0.05, 0.1) is 30.8 Å². The molecule has 0 unspecified atom stereocenters. The van der Waals surface area contributed by atoms with Gasteiger partial charge in [-0.2, -0.15) is 0 Å². The molecule has 0 saturated carbocycles. The Balaban J connectivity index is 2.52. The summed E-state index contributed by atoms with van der Waals surface area (Å²) in [6.07, 6.45) is -4.55. The maximum absolute atomic E-state index is 12.5. The fraction of sp³-hybridized carbons (Fsp3) is 0.818. The molecule has 10 heteroatoms. The number of carboxylic acid groups (broad SMARTS) is 1. The zero-order valence-electron chi connectivity index (χ0n) is 19.7. The van der Waals surface area contributed by atoms with Crippen molar-refractivity contribution in [1.29, 1.82) is 0 Å². The molecule has 0 aromatic carbocycles. The SMILES string of the molecule is CC(C)C(=O)O[C@@H]1[C@@H](OC(=O)C(C)C)[C@H]([NH+]2CCCC2)O[C@H](C(=O)O)[C@H]1OC(=O)C(C)C. The summed E-state index contributed by atoms with van der Waals surface area (Å²) >= 11 is 0. The lowest BCUT2D eigenvalue weighted by molar-refractivity contribution is -0.944. The van der Waals surface area contributed by atoms with Gasteiger partial charge >= 0.3 is 23.9 Å². The number of esters is 3. The van der Waals surface area contributed by atoms with E-state index in [1.54, 1.807) is 41.5 Å². The van der Waals surface area contributed by atoms with Crippen LogP contribution >= 0.6 is 0 Å². The van der Waals surface area contributed by atoms with Crippen molar-refractivity contribution in [2.45, 2.75) is 85.0 Å². The number of ether oxygens (including phenoxy) is 4. The van der Waals surface area contributed by atoms with Crippen LogP contribution in [0.4, 0.5) is 0 Å². The minimum atomic E-state index is -1.57. The molecule has 182 valence electrons. The molecule has 2 saturated heterocycles. The van der Waals surface area contributed by atoms with Gasteiger partial charge in [-0.3, -0.25) is 14.4 Å². The Morgan fingerprint density at radius 1 is 0.750 bits per heavy atom. The predicted octanol–water partition coefficient (Wildman–Crippen LogP) is 0.178.